The smallest absolute Gasteiger partial charge is 0.213 e. The third kappa shape index (κ3) is 7.63. The zero-order valence-corrected chi connectivity index (χ0v) is 18.3. The van der Waals surface area contributed by atoms with Gasteiger partial charge in [-0.15, -0.1) is 24.0 Å². The van der Waals surface area contributed by atoms with Gasteiger partial charge in [0.2, 0.25) is 5.88 Å². The second-order valence-corrected chi connectivity index (χ2v) is 6.07. The Kier molecular flexibility index (Phi) is 11.5. The van der Waals surface area contributed by atoms with E-state index in [1.807, 2.05) is 18.3 Å². The number of pyridine rings is 1. The second kappa shape index (κ2) is 13.1. The van der Waals surface area contributed by atoms with Crippen molar-refractivity contribution in [3.8, 4) is 5.88 Å². The van der Waals surface area contributed by atoms with Crippen LogP contribution in [-0.2, 0) is 16.0 Å². The molecule has 1 aliphatic heterocycles. The number of aromatic nitrogens is 1. The predicted octanol–water partition coefficient (Wildman–Crippen LogP) is 2.16. The van der Waals surface area contributed by atoms with Gasteiger partial charge in [-0.1, -0.05) is 6.07 Å². The summed E-state index contributed by atoms with van der Waals surface area (Å²) in [6, 6.07) is 3.87. The molecule has 0 saturated carbocycles. The first-order valence-corrected chi connectivity index (χ1v) is 8.85. The van der Waals surface area contributed by atoms with Crippen molar-refractivity contribution in [3.63, 3.8) is 0 Å². The van der Waals surface area contributed by atoms with Gasteiger partial charge >= 0.3 is 0 Å². The summed E-state index contributed by atoms with van der Waals surface area (Å²) in [5.74, 6) is 2.15. The number of rotatable bonds is 9. The quantitative estimate of drug-likeness (QED) is 0.254. The maximum atomic E-state index is 5.48. The van der Waals surface area contributed by atoms with Crippen LogP contribution in [0.5, 0.6) is 5.88 Å². The van der Waals surface area contributed by atoms with Crippen molar-refractivity contribution in [1.29, 1.82) is 0 Å². The number of halogens is 1. The molecule has 7 nitrogen and oxygen atoms in total. The van der Waals surface area contributed by atoms with E-state index in [2.05, 4.69) is 22.1 Å². The Labute approximate surface area is 173 Å². The topological polar surface area (TPSA) is 68.2 Å². The second-order valence-electron chi connectivity index (χ2n) is 6.07. The summed E-state index contributed by atoms with van der Waals surface area (Å²) in [7, 11) is 3.41. The molecule has 26 heavy (non-hydrogen) atoms. The van der Waals surface area contributed by atoms with E-state index in [0.717, 1.165) is 44.2 Å². The molecule has 0 spiro atoms. The Morgan fingerprint density at radius 2 is 2.15 bits per heavy atom. The lowest BCUT2D eigenvalue weighted by atomic mass is 10.1. The monoisotopic (exact) mass is 478 g/mol. The number of nitrogens with one attached hydrogen (secondary N) is 1. The zero-order valence-electron chi connectivity index (χ0n) is 15.9. The van der Waals surface area contributed by atoms with Gasteiger partial charge in [0, 0.05) is 52.0 Å². The number of nitrogens with zero attached hydrogens (tertiary/aromatic N) is 3. The molecular formula is C18H31IN4O3. The molecule has 1 unspecified atom stereocenters. The van der Waals surface area contributed by atoms with Crippen LogP contribution in [0.4, 0.5) is 0 Å². The van der Waals surface area contributed by atoms with Crippen LogP contribution in [-0.4, -0.2) is 69.5 Å². The van der Waals surface area contributed by atoms with Crippen LogP contribution in [0.2, 0.25) is 0 Å². The maximum Gasteiger partial charge on any atom is 0.213 e. The predicted molar refractivity (Wildman–Crippen MR) is 113 cm³/mol. The Morgan fingerprint density at radius 3 is 2.81 bits per heavy atom. The summed E-state index contributed by atoms with van der Waals surface area (Å²) < 4.78 is 15.7. The van der Waals surface area contributed by atoms with Gasteiger partial charge in [-0.05, 0) is 18.9 Å². The summed E-state index contributed by atoms with van der Waals surface area (Å²) in [6.45, 7) is 7.42. The summed E-state index contributed by atoms with van der Waals surface area (Å²) in [5, 5.41) is 3.38. The molecule has 0 aliphatic carbocycles. The van der Waals surface area contributed by atoms with Crippen LogP contribution in [0.1, 0.15) is 18.9 Å². The van der Waals surface area contributed by atoms with E-state index < -0.39 is 0 Å². The van der Waals surface area contributed by atoms with Crippen LogP contribution >= 0.6 is 24.0 Å². The minimum Gasteiger partial charge on any atom is -0.475 e. The summed E-state index contributed by atoms with van der Waals surface area (Å²) >= 11 is 0. The molecule has 1 fully saturated rings. The van der Waals surface area contributed by atoms with Crippen molar-refractivity contribution in [2.24, 2.45) is 10.9 Å². The van der Waals surface area contributed by atoms with Crippen LogP contribution in [0.15, 0.2) is 23.3 Å². The fourth-order valence-corrected chi connectivity index (χ4v) is 2.81. The zero-order chi connectivity index (χ0) is 17.9. The van der Waals surface area contributed by atoms with Crippen LogP contribution in [0, 0.1) is 5.92 Å². The lowest BCUT2D eigenvalue weighted by Crippen LogP contribution is -2.40. The highest BCUT2D eigenvalue weighted by atomic mass is 127. The van der Waals surface area contributed by atoms with Crippen molar-refractivity contribution in [2.75, 3.05) is 53.7 Å². The molecule has 1 atom stereocenters. The molecule has 1 aliphatic rings. The number of likely N-dealkylation sites (tertiary alicyclic amines) is 1. The third-order valence-electron chi connectivity index (χ3n) is 4.07. The highest BCUT2D eigenvalue weighted by molar-refractivity contribution is 14.0. The first-order valence-electron chi connectivity index (χ1n) is 8.85. The van der Waals surface area contributed by atoms with Gasteiger partial charge in [0.25, 0.3) is 0 Å². The fourth-order valence-electron chi connectivity index (χ4n) is 2.81. The number of guanidine groups is 1. The van der Waals surface area contributed by atoms with Gasteiger partial charge in [0.15, 0.2) is 5.96 Å². The Morgan fingerprint density at radius 1 is 1.31 bits per heavy atom. The molecule has 2 heterocycles. The van der Waals surface area contributed by atoms with Gasteiger partial charge in [0.05, 0.1) is 19.8 Å². The highest BCUT2D eigenvalue weighted by Crippen LogP contribution is 2.17. The van der Waals surface area contributed by atoms with E-state index in [-0.39, 0.29) is 24.0 Å². The van der Waals surface area contributed by atoms with Crippen molar-refractivity contribution in [2.45, 2.75) is 19.9 Å². The molecule has 0 radical (unpaired) electrons. The standard InChI is InChI=1S/C18H30N4O3.HI/c1-4-19-18(22-8-7-16(13-22)14-24-3)21-12-15-5-6-17(20-11-15)25-10-9-23-2;/h5-6,11,16H,4,7-10,12-14H2,1-3H3,(H,19,21);1H. The van der Waals surface area contributed by atoms with Gasteiger partial charge < -0.3 is 24.4 Å². The molecule has 0 amide bonds. The van der Waals surface area contributed by atoms with Crippen molar-refractivity contribution in [3.05, 3.63) is 23.9 Å². The molecule has 0 bridgehead atoms. The van der Waals surface area contributed by atoms with Crippen molar-refractivity contribution < 1.29 is 14.2 Å². The van der Waals surface area contributed by atoms with E-state index in [4.69, 9.17) is 19.2 Å². The maximum absolute atomic E-state index is 5.48. The van der Waals surface area contributed by atoms with E-state index in [1.54, 1.807) is 14.2 Å². The Balaban J connectivity index is 0.00000338. The summed E-state index contributed by atoms with van der Waals surface area (Å²) in [6.07, 6.45) is 2.96. The lowest BCUT2D eigenvalue weighted by molar-refractivity contribution is 0.143. The van der Waals surface area contributed by atoms with Crippen LogP contribution in [0.3, 0.4) is 0 Å². The number of methoxy groups -OCH3 is 2. The molecule has 1 N–H and O–H groups in total. The largest absolute Gasteiger partial charge is 0.475 e. The fraction of sp³-hybridized carbons (Fsp3) is 0.667. The molecule has 148 valence electrons. The van der Waals surface area contributed by atoms with E-state index in [9.17, 15) is 0 Å². The molecular weight excluding hydrogens is 447 g/mol. The third-order valence-corrected chi connectivity index (χ3v) is 4.07. The number of hydrogen-bond acceptors (Lipinski definition) is 5. The van der Waals surface area contributed by atoms with Crippen molar-refractivity contribution in [1.82, 2.24) is 15.2 Å². The molecule has 2 rings (SSSR count). The van der Waals surface area contributed by atoms with Gasteiger partial charge in [-0.3, -0.25) is 0 Å². The van der Waals surface area contributed by atoms with E-state index in [0.29, 0.717) is 31.6 Å². The molecule has 8 heteroatoms. The highest BCUT2D eigenvalue weighted by Gasteiger charge is 2.24. The van der Waals surface area contributed by atoms with E-state index in [1.165, 1.54) is 0 Å². The average Bonchev–Trinajstić information content (AvgIpc) is 3.09. The summed E-state index contributed by atoms with van der Waals surface area (Å²) in [5.41, 5.74) is 1.06. The Hall–Kier alpha value is -1.13. The minimum atomic E-state index is 0. The molecule has 1 aromatic heterocycles. The normalized spacial score (nSPS) is 17.1. The van der Waals surface area contributed by atoms with Gasteiger partial charge in [-0.25, -0.2) is 9.98 Å². The van der Waals surface area contributed by atoms with Crippen LogP contribution in [0.25, 0.3) is 0 Å². The van der Waals surface area contributed by atoms with Gasteiger partial charge in [-0.2, -0.15) is 0 Å². The van der Waals surface area contributed by atoms with Crippen molar-refractivity contribution >= 4 is 29.9 Å². The summed E-state index contributed by atoms with van der Waals surface area (Å²) in [4.78, 5) is 11.4. The number of ether oxygens (including phenoxy) is 3. The number of aliphatic imine (C=N–C) groups is 1. The molecule has 1 saturated heterocycles. The first-order chi connectivity index (χ1) is 12.3. The van der Waals surface area contributed by atoms with E-state index >= 15 is 0 Å². The van der Waals surface area contributed by atoms with Crippen LogP contribution < -0.4 is 10.1 Å². The van der Waals surface area contributed by atoms with Gasteiger partial charge in [0.1, 0.15) is 6.61 Å². The molecule has 1 aromatic rings. The Bertz CT molecular complexity index is 528. The minimum absolute atomic E-state index is 0. The average molecular weight is 478 g/mol. The number of hydrogen-bond donors (Lipinski definition) is 1. The lowest BCUT2D eigenvalue weighted by Gasteiger charge is -2.21. The molecule has 0 aromatic carbocycles. The first kappa shape index (κ1) is 22.9. The SMILES string of the molecule is CCNC(=NCc1ccc(OCCOC)nc1)N1CCC(COC)C1.I.